The van der Waals surface area contributed by atoms with Crippen molar-refractivity contribution in [1.29, 1.82) is 0 Å². The van der Waals surface area contributed by atoms with Gasteiger partial charge in [-0.1, -0.05) is 27.7 Å². The van der Waals surface area contributed by atoms with Crippen LogP contribution in [0.5, 0.6) is 0 Å². The molecular formula is C15H28N2O3. The van der Waals surface area contributed by atoms with Gasteiger partial charge in [-0.2, -0.15) is 0 Å². The first-order valence-electron chi connectivity index (χ1n) is 7.57. The van der Waals surface area contributed by atoms with Gasteiger partial charge in [0.25, 0.3) is 0 Å². The van der Waals surface area contributed by atoms with Crippen molar-refractivity contribution in [3.8, 4) is 0 Å². The van der Waals surface area contributed by atoms with Gasteiger partial charge < -0.3 is 15.3 Å². The highest BCUT2D eigenvalue weighted by atomic mass is 16.4. The van der Waals surface area contributed by atoms with Gasteiger partial charge in [0.15, 0.2) is 0 Å². The fourth-order valence-corrected chi connectivity index (χ4v) is 2.72. The Labute approximate surface area is 121 Å². The smallest absolute Gasteiger partial charge is 0.317 e. The van der Waals surface area contributed by atoms with Gasteiger partial charge in [-0.05, 0) is 31.1 Å². The van der Waals surface area contributed by atoms with Crippen LogP contribution in [0.3, 0.4) is 0 Å². The first-order chi connectivity index (χ1) is 9.29. The van der Waals surface area contributed by atoms with Crippen LogP contribution in [0.1, 0.15) is 47.0 Å². The third-order valence-corrected chi connectivity index (χ3v) is 3.57. The van der Waals surface area contributed by atoms with E-state index in [4.69, 9.17) is 5.11 Å². The Balaban J connectivity index is 2.51. The van der Waals surface area contributed by atoms with Crippen molar-refractivity contribution < 1.29 is 14.7 Å². The molecule has 2 N–H and O–H groups in total. The zero-order chi connectivity index (χ0) is 15.3. The quantitative estimate of drug-likeness (QED) is 0.787. The fraction of sp³-hybridized carbons (Fsp3) is 0.867. The van der Waals surface area contributed by atoms with Crippen molar-refractivity contribution in [2.45, 2.75) is 53.0 Å². The molecule has 1 aliphatic rings. The Morgan fingerprint density at radius 1 is 1.15 bits per heavy atom. The lowest BCUT2D eigenvalue weighted by molar-refractivity contribution is -0.141. The molecule has 1 aliphatic carbocycles. The van der Waals surface area contributed by atoms with Crippen LogP contribution < -0.4 is 5.32 Å². The van der Waals surface area contributed by atoms with Crippen LogP contribution in [-0.4, -0.2) is 41.1 Å². The number of rotatable bonds is 6. The molecule has 1 rings (SSSR count). The lowest BCUT2D eigenvalue weighted by Gasteiger charge is -2.28. The Morgan fingerprint density at radius 2 is 1.70 bits per heavy atom. The third kappa shape index (κ3) is 5.39. The van der Waals surface area contributed by atoms with E-state index in [1.807, 2.05) is 4.90 Å². The van der Waals surface area contributed by atoms with E-state index in [-0.39, 0.29) is 18.0 Å². The lowest BCUT2D eigenvalue weighted by Crippen LogP contribution is -2.46. The Kier molecular flexibility index (Phi) is 6.30. The summed E-state index contributed by atoms with van der Waals surface area (Å²) >= 11 is 0. The molecule has 20 heavy (non-hydrogen) atoms. The van der Waals surface area contributed by atoms with Crippen LogP contribution in [0.4, 0.5) is 4.79 Å². The first kappa shape index (κ1) is 16.8. The maximum atomic E-state index is 12.3. The van der Waals surface area contributed by atoms with E-state index in [0.717, 1.165) is 19.5 Å². The highest BCUT2D eigenvalue weighted by Crippen LogP contribution is 2.25. The highest BCUT2D eigenvalue weighted by Gasteiger charge is 2.31. The van der Waals surface area contributed by atoms with E-state index in [0.29, 0.717) is 24.7 Å². The summed E-state index contributed by atoms with van der Waals surface area (Å²) < 4.78 is 0. The number of nitrogens with one attached hydrogen (secondary N) is 1. The summed E-state index contributed by atoms with van der Waals surface area (Å²) in [4.78, 5) is 25.1. The van der Waals surface area contributed by atoms with Crippen LogP contribution in [0.2, 0.25) is 0 Å². The van der Waals surface area contributed by atoms with E-state index in [1.165, 1.54) is 0 Å². The van der Waals surface area contributed by atoms with Crippen LogP contribution in [0.25, 0.3) is 0 Å². The number of amides is 2. The number of carboxylic acids is 1. The maximum Gasteiger partial charge on any atom is 0.317 e. The minimum Gasteiger partial charge on any atom is -0.481 e. The molecule has 0 saturated heterocycles. The third-order valence-electron chi connectivity index (χ3n) is 3.57. The second-order valence-corrected chi connectivity index (χ2v) is 6.69. The molecule has 2 amide bonds. The SMILES string of the molecule is CC(C)CN(CC(C)C)C(=O)NC1CCC(C(=O)O)C1. The van der Waals surface area contributed by atoms with E-state index >= 15 is 0 Å². The summed E-state index contributed by atoms with van der Waals surface area (Å²) in [6, 6.07) is -0.0473. The molecule has 0 aromatic carbocycles. The molecule has 0 heterocycles. The number of carbonyl (C=O) groups is 2. The number of aliphatic carboxylic acids is 1. The molecule has 0 spiro atoms. The Hall–Kier alpha value is -1.26. The number of hydrogen-bond donors (Lipinski definition) is 2. The summed E-state index contributed by atoms with van der Waals surface area (Å²) in [6.07, 6.45) is 1.98. The number of nitrogens with zero attached hydrogens (tertiary/aromatic N) is 1. The summed E-state index contributed by atoms with van der Waals surface area (Å²) in [5, 5.41) is 12.0. The molecule has 116 valence electrons. The van der Waals surface area contributed by atoms with Gasteiger partial charge in [-0.25, -0.2) is 4.79 Å². The second-order valence-electron chi connectivity index (χ2n) is 6.69. The van der Waals surface area contributed by atoms with Gasteiger partial charge in [0.05, 0.1) is 5.92 Å². The number of carboxylic acid groups (broad SMARTS) is 1. The molecule has 0 aromatic heterocycles. The number of carbonyl (C=O) groups excluding carboxylic acids is 1. The predicted octanol–water partition coefficient (Wildman–Crippen LogP) is 2.56. The molecule has 2 atom stereocenters. The Morgan fingerprint density at radius 3 is 2.10 bits per heavy atom. The molecule has 0 aliphatic heterocycles. The van der Waals surface area contributed by atoms with Crippen molar-refractivity contribution in [2.75, 3.05) is 13.1 Å². The molecule has 2 unspecified atom stereocenters. The van der Waals surface area contributed by atoms with Gasteiger partial charge in [-0.3, -0.25) is 4.79 Å². The molecule has 1 saturated carbocycles. The van der Waals surface area contributed by atoms with Crippen LogP contribution in [-0.2, 0) is 4.79 Å². The molecular weight excluding hydrogens is 256 g/mol. The zero-order valence-corrected chi connectivity index (χ0v) is 13.1. The van der Waals surface area contributed by atoms with Crippen molar-refractivity contribution in [3.05, 3.63) is 0 Å². The largest absolute Gasteiger partial charge is 0.481 e. The minimum absolute atomic E-state index is 0.00502. The van der Waals surface area contributed by atoms with Gasteiger partial charge in [-0.15, -0.1) is 0 Å². The average molecular weight is 284 g/mol. The fourth-order valence-electron chi connectivity index (χ4n) is 2.72. The van der Waals surface area contributed by atoms with Gasteiger partial charge >= 0.3 is 12.0 Å². The molecule has 0 bridgehead atoms. The minimum atomic E-state index is -0.747. The standard InChI is InChI=1S/C15H28N2O3/c1-10(2)8-17(9-11(3)4)15(20)16-13-6-5-12(7-13)14(18)19/h10-13H,5-9H2,1-4H3,(H,16,20)(H,18,19). The van der Waals surface area contributed by atoms with Crippen molar-refractivity contribution in [2.24, 2.45) is 17.8 Å². The summed E-state index contributed by atoms with van der Waals surface area (Å²) in [6.45, 7) is 9.85. The van der Waals surface area contributed by atoms with Gasteiger partial charge in [0.1, 0.15) is 0 Å². The number of urea groups is 1. The average Bonchev–Trinajstić information content (AvgIpc) is 2.75. The summed E-state index contributed by atoms with van der Waals surface area (Å²) in [5.74, 6) is -0.198. The second kappa shape index (κ2) is 7.50. The van der Waals surface area contributed by atoms with E-state index in [9.17, 15) is 9.59 Å². The predicted molar refractivity (Wildman–Crippen MR) is 78.5 cm³/mol. The molecule has 0 aromatic rings. The normalized spacial score (nSPS) is 22.3. The molecule has 5 nitrogen and oxygen atoms in total. The van der Waals surface area contributed by atoms with Gasteiger partial charge in [0, 0.05) is 19.1 Å². The van der Waals surface area contributed by atoms with Crippen LogP contribution in [0, 0.1) is 17.8 Å². The Bertz CT molecular complexity index is 332. The van der Waals surface area contributed by atoms with E-state index in [1.54, 1.807) is 0 Å². The summed E-state index contributed by atoms with van der Waals surface area (Å²) in [7, 11) is 0. The molecule has 5 heteroatoms. The molecule has 0 radical (unpaired) electrons. The van der Waals surface area contributed by atoms with Crippen LogP contribution >= 0.6 is 0 Å². The lowest BCUT2D eigenvalue weighted by atomic mass is 10.1. The topological polar surface area (TPSA) is 69.6 Å². The van der Waals surface area contributed by atoms with Crippen LogP contribution in [0.15, 0.2) is 0 Å². The van der Waals surface area contributed by atoms with Crippen molar-refractivity contribution in [3.63, 3.8) is 0 Å². The monoisotopic (exact) mass is 284 g/mol. The highest BCUT2D eigenvalue weighted by molar-refractivity contribution is 5.75. The van der Waals surface area contributed by atoms with Crippen molar-refractivity contribution >= 4 is 12.0 Å². The zero-order valence-electron chi connectivity index (χ0n) is 13.1. The van der Waals surface area contributed by atoms with Crippen molar-refractivity contribution in [1.82, 2.24) is 10.2 Å². The molecule has 1 fully saturated rings. The van der Waals surface area contributed by atoms with E-state index in [2.05, 4.69) is 33.0 Å². The van der Waals surface area contributed by atoms with Gasteiger partial charge in [0.2, 0.25) is 0 Å². The summed E-state index contributed by atoms with van der Waals surface area (Å²) in [5.41, 5.74) is 0. The maximum absolute atomic E-state index is 12.3. The number of hydrogen-bond acceptors (Lipinski definition) is 2. The first-order valence-corrected chi connectivity index (χ1v) is 7.57. The van der Waals surface area contributed by atoms with E-state index < -0.39 is 5.97 Å².